The number of hydrogen-bond acceptors (Lipinski definition) is 2. The SMILES string of the molecule is C=CC[SiH](C)N([SiH2][SiH2]C)[SiH](C)CC(=C)CC(C)[SiH](C(C)C)N([SiH2][SiH2]C)[SiH](C(C)C)C(C)C. The normalized spacial score (nSPS) is 17.9. The maximum atomic E-state index is 4.71. The maximum absolute atomic E-state index is 4.71. The van der Waals surface area contributed by atoms with Crippen molar-refractivity contribution in [1.82, 2.24) is 7.79 Å². The molecule has 0 N–H and O–H groups in total. The highest BCUT2D eigenvalue weighted by atomic mass is 29.2. The molecule has 0 aromatic heterocycles. The summed E-state index contributed by atoms with van der Waals surface area (Å²) in [5, 5.41) is 0. The van der Waals surface area contributed by atoms with Gasteiger partial charge in [0.1, 0.15) is 17.9 Å². The lowest BCUT2D eigenvalue weighted by atomic mass is 10.2. The molecule has 0 rings (SSSR count). The number of hydrogen-bond donors (Lipinski definition) is 0. The van der Waals surface area contributed by atoms with Crippen LogP contribution < -0.4 is 0 Å². The van der Waals surface area contributed by atoms with Crippen LogP contribution in [0.1, 0.15) is 54.9 Å². The quantitative estimate of drug-likeness (QED) is 0.183. The predicted molar refractivity (Wildman–Crippen MR) is 178 cm³/mol. The zero-order valence-corrected chi connectivity index (χ0v) is 34.2. The van der Waals surface area contributed by atoms with Crippen molar-refractivity contribution >= 4 is 72.3 Å². The first-order valence-corrected chi connectivity index (χ1v) is 34.5. The molecule has 4 atom stereocenters. The lowest BCUT2D eigenvalue weighted by Gasteiger charge is -2.46. The van der Waals surface area contributed by atoms with Crippen LogP contribution in [0, 0.1) is 0 Å². The maximum Gasteiger partial charge on any atom is 0.103 e. The molecule has 0 aliphatic rings. The van der Waals surface area contributed by atoms with Gasteiger partial charge in [-0.2, -0.15) is 0 Å². The molecule has 0 spiro atoms. The minimum absolute atomic E-state index is 0.0500. The molecule has 190 valence electrons. The molecule has 0 saturated heterocycles. The molecule has 0 saturated carbocycles. The van der Waals surface area contributed by atoms with Crippen molar-refractivity contribution in [2.75, 3.05) is 0 Å². The van der Waals surface area contributed by atoms with E-state index in [1.165, 1.54) is 18.5 Å². The summed E-state index contributed by atoms with van der Waals surface area (Å²) in [5.74, 6) is 0. The van der Waals surface area contributed by atoms with Crippen LogP contribution in [0.15, 0.2) is 24.8 Å². The molecule has 0 fully saturated rings. The zero-order chi connectivity index (χ0) is 25.0. The second kappa shape index (κ2) is 17.5. The van der Waals surface area contributed by atoms with Crippen molar-refractivity contribution in [3.05, 3.63) is 24.8 Å². The second-order valence-corrected chi connectivity index (χ2v) is 42.7. The van der Waals surface area contributed by atoms with Gasteiger partial charge in [-0.3, -0.25) is 0 Å². The second-order valence-electron chi connectivity index (χ2n) is 11.5. The van der Waals surface area contributed by atoms with Gasteiger partial charge in [-0.05, 0) is 40.7 Å². The third-order valence-electron chi connectivity index (χ3n) is 7.20. The van der Waals surface area contributed by atoms with Gasteiger partial charge in [0.2, 0.25) is 0 Å². The van der Waals surface area contributed by atoms with E-state index >= 15 is 0 Å². The van der Waals surface area contributed by atoms with E-state index in [-0.39, 0.29) is 36.5 Å². The van der Waals surface area contributed by atoms with E-state index in [1.54, 1.807) is 5.57 Å². The van der Waals surface area contributed by atoms with Crippen molar-refractivity contribution in [2.24, 2.45) is 0 Å². The molecular weight excluding hydrogens is 517 g/mol. The highest BCUT2D eigenvalue weighted by Gasteiger charge is 2.36. The first-order chi connectivity index (χ1) is 14.9. The largest absolute Gasteiger partial charge is 0.380 e. The summed E-state index contributed by atoms with van der Waals surface area (Å²) in [6.45, 7) is 37.1. The first kappa shape index (κ1) is 33.1. The van der Waals surface area contributed by atoms with Crippen LogP contribution in [0.4, 0.5) is 0 Å². The molecule has 0 amide bonds. The van der Waals surface area contributed by atoms with Crippen LogP contribution in [0.2, 0.25) is 60.4 Å². The Kier molecular flexibility index (Phi) is 18.2. The fourth-order valence-corrected chi connectivity index (χ4v) is 62.8. The van der Waals surface area contributed by atoms with E-state index < -0.39 is 35.8 Å². The molecule has 2 nitrogen and oxygen atoms in total. The Morgan fingerprint density at radius 3 is 1.69 bits per heavy atom. The van der Waals surface area contributed by atoms with Crippen molar-refractivity contribution in [1.29, 1.82) is 0 Å². The summed E-state index contributed by atoms with van der Waals surface area (Å²) < 4.78 is 6.55. The van der Waals surface area contributed by atoms with Crippen LogP contribution >= 0.6 is 0 Å². The highest BCUT2D eigenvalue weighted by Crippen LogP contribution is 2.34. The van der Waals surface area contributed by atoms with E-state index in [1.807, 2.05) is 0 Å². The van der Waals surface area contributed by atoms with E-state index in [4.69, 9.17) is 6.58 Å². The van der Waals surface area contributed by atoms with Gasteiger partial charge >= 0.3 is 0 Å². The van der Waals surface area contributed by atoms with Gasteiger partial charge in [0.15, 0.2) is 0 Å². The lowest BCUT2D eigenvalue weighted by molar-refractivity contribution is 0.747. The lowest BCUT2D eigenvalue weighted by Crippen LogP contribution is -2.57. The van der Waals surface area contributed by atoms with Crippen LogP contribution in [0.25, 0.3) is 0 Å². The highest BCUT2D eigenvalue weighted by molar-refractivity contribution is 7.07. The van der Waals surface area contributed by atoms with Gasteiger partial charge < -0.3 is 7.79 Å². The van der Waals surface area contributed by atoms with Crippen LogP contribution in [-0.2, 0) is 0 Å². The summed E-state index contributed by atoms with van der Waals surface area (Å²) >= 11 is 0. The van der Waals surface area contributed by atoms with E-state index in [0.717, 1.165) is 22.2 Å². The summed E-state index contributed by atoms with van der Waals surface area (Å²) in [6.07, 6.45) is 3.53. The van der Waals surface area contributed by atoms with Gasteiger partial charge in [-0.1, -0.05) is 86.3 Å². The van der Waals surface area contributed by atoms with Crippen LogP contribution in [0.3, 0.4) is 0 Å². The average molecular weight is 577 g/mol. The van der Waals surface area contributed by atoms with Crippen molar-refractivity contribution in [3.63, 3.8) is 0 Å². The summed E-state index contributed by atoms with van der Waals surface area (Å²) in [4.78, 5) is 0. The molecule has 0 aromatic carbocycles. The number of nitrogens with zero attached hydrogens (tertiary/aromatic N) is 2. The Labute approximate surface area is 219 Å². The molecule has 0 aromatic rings. The Morgan fingerprint density at radius 2 is 1.28 bits per heavy atom. The van der Waals surface area contributed by atoms with Crippen molar-refractivity contribution < 1.29 is 0 Å². The van der Waals surface area contributed by atoms with Crippen molar-refractivity contribution in [2.45, 2.75) is 115 Å². The van der Waals surface area contributed by atoms with Gasteiger partial charge in [-0.15, -0.1) is 13.2 Å². The zero-order valence-electron chi connectivity index (χ0n) is 24.0. The smallest absolute Gasteiger partial charge is 0.103 e. The first-order valence-electron chi connectivity index (χ1n) is 13.7. The average Bonchev–Trinajstić information content (AvgIpc) is 2.65. The van der Waals surface area contributed by atoms with Gasteiger partial charge in [0.05, 0.1) is 36.3 Å². The Hall–Kier alpha value is 1.14. The van der Waals surface area contributed by atoms with E-state index in [9.17, 15) is 0 Å². The monoisotopic (exact) mass is 576 g/mol. The molecule has 4 unspecified atom stereocenters. The van der Waals surface area contributed by atoms with Gasteiger partial charge in [-0.25, -0.2) is 0 Å². The molecule has 32 heavy (non-hydrogen) atoms. The topological polar surface area (TPSA) is 6.48 Å². The molecular formula is C22H60N2Si8. The minimum Gasteiger partial charge on any atom is -0.380 e. The third kappa shape index (κ3) is 11.2. The Balaban J connectivity index is 5.47. The van der Waals surface area contributed by atoms with E-state index in [2.05, 4.69) is 95.1 Å². The summed E-state index contributed by atoms with van der Waals surface area (Å²) in [6, 6.07) is 2.69. The minimum atomic E-state index is -0.931. The van der Waals surface area contributed by atoms with Crippen LogP contribution in [0.5, 0.6) is 0 Å². The van der Waals surface area contributed by atoms with Crippen LogP contribution in [-0.4, -0.2) is 80.1 Å². The molecule has 0 radical (unpaired) electrons. The molecule has 0 heterocycles. The Bertz CT molecular complexity index is 524. The summed E-state index contributed by atoms with van der Waals surface area (Å²) in [7, 11) is -2.75. The fraction of sp³-hybridized carbons (Fsp3) is 0.818. The molecule has 0 aliphatic heterocycles. The standard InChI is InChI=1S/C22H60N2Si8/c1-14-15-29(12)23(27-25-10)30(13)17-21(8)16-22(9)32(20(6)7)24(28-26-11)31(18(2)3)19(4)5/h14,18-20,22,29-32H,1,8,15-17,25-28H2,2-7,9-13H3. The Morgan fingerprint density at radius 1 is 0.812 bits per heavy atom. The van der Waals surface area contributed by atoms with Crippen molar-refractivity contribution in [3.8, 4) is 0 Å². The predicted octanol–water partition coefficient (Wildman–Crippen LogP) is 2.93. The van der Waals surface area contributed by atoms with Gasteiger partial charge in [0, 0.05) is 18.1 Å². The third-order valence-corrected chi connectivity index (χ3v) is 47.1. The molecule has 0 bridgehead atoms. The van der Waals surface area contributed by atoms with Gasteiger partial charge in [0.25, 0.3) is 0 Å². The molecule has 10 heteroatoms. The van der Waals surface area contributed by atoms with E-state index in [0.29, 0.717) is 0 Å². The number of rotatable bonds is 18. The number of allylic oxidation sites excluding steroid dienone is 2. The fourth-order valence-electron chi connectivity index (χ4n) is 6.36. The summed E-state index contributed by atoms with van der Waals surface area (Å²) in [5.41, 5.74) is 5.27. The molecule has 0 aliphatic carbocycles.